The molecule has 1 amide bonds. The van der Waals surface area contributed by atoms with E-state index >= 15 is 0 Å². The Labute approximate surface area is 218 Å². The highest BCUT2D eigenvalue weighted by Gasteiger charge is 2.42. The molecule has 1 aromatic carbocycles. The lowest BCUT2D eigenvalue weighted by Gasteiger charge is -2.32. The van der Waals surface area contributed by atoms with Gasteiger partial charge in [0.1, 0.15) is 5.69 Å². The van der Waals surface area contributed by atoms with Gasteiger partial charge in [-0.05, 0) is 68.9 Å². The smallest absolute Gasteiger partial charge is 0.270 e. The summed E-state index contributed by atoms with van der Waals surface area (Å²) in [5.74, 6) is 0.515. The molecule has 5 rings (SSSR count). The first-order chi connectivity index (χ1) is 17.8. The Balaban J connectivity index is 1.18. The maximum atomic E-state index is 13.5. The van der Waals surface area contributed by atoms with E-state index in [0.29, 0.717) is 24.8 Å². The number of fused-ring (bicyclic) bond motifs is 1. The Morgan fingerprint density at radius 3 is 2.73 bits per heavy atom. The maximum Gasteiger partial charge on any atom is 0.270 e. The van der Waals surface area contributed by atoms with Gasteiger partial charge < -0.3 is 23.7 Å². The largest absolute Gasteiger partial charge is 0.383 e. The Hall–Kier alpha value is -2.78. The van der Waals surface area contributed by atoms with Crippen LogP contribution in [0.4, 0.5) is 0 Å². The first kappa shape index (κ1) is 25.9. The van der Waals surface area contributed by atoms with E-state index in [1.54, 1.807) is 13.3 Å². The number of nitrogens with one attached hydrogen (secondary N) is 1. The fraction of sp³-hybridized carbons (Fsp3) is 0.517. The van der Waals surface area contributed by atoms with Crippen molar-refractivity contribution in [1.82, 2.24) is 19.8 Å². The first-order valence-corrected chi connectivity index (χ1v) is 13.2. The SMILES string of the molecule is COCCn1c(C(=O)N2CCC(c3cccc(CNC4OC4OC(C)(C)C)c3)CC2)cc2ncccc21. The van der Waals surface area contributed by atoms with Gasteiger partial charge in [0.05, 0.1) is 23.2 Å². The average molecular weight is 507 g/mol. The summed E-state index contributed by atoms with van der Waals surface area (Å²) in [5.41, 5.74) is 4.86. The second kappa shape index (κ2) is 10.9. The predicted molar refractivity (Wildman–Crippen MR) is 142 cm³/mol. The summed E-state index contributed by atoms with van der Waals surface area (Å²) in [4.78, 5) is 20.0. The Kier molecular flexibility index (Phi) is 7.62. The van der Waals surface area contributed by atoms with Gasteiger partial charge in [-0.1, -0.05) is 24.3 Å². The van der Waals surface area contributed by atoms with Gasteiger partial charge >= 0.3 is 0 Å². The van der Waals surface area contributed by atoms with Crippen LogP contribution in [0, 0.1) is 0 Å². The first-order valence-electron chi connectivity index (χ1n) is 13.2. The van der Waals surface area contributed by atoms with Crippen molar-refractivity contribution in [3.05, 3.63) is 65.5 Å². The van der Waals surface area contributed by atoms with E-state index in [-0.39, 0.29) is 24.0 Å². The van der Waals surface area contributed by atoms with Crippen LogP contribution in [0.25, 0.3) is 11.0 Å². The van der Waals surface area contributed by atoms with Crippen molar-refractivity contribution in [3.63, 3.8) is 0 Å². The van der Waals surface area contributed by atoms with Gasteiger partial charge in [0.25, 0.3) is 5.91 Å². The van der Waals surface area contributed by atoms with Crippen molar-refractivity contribution in [2.24, 2.45) is 0 Å². The lowest BCUT2D eigenvalue weighted by atomic mass is 9.88. The summed E-state index contributed by atoms with van der Waals surface area (Å²) in [7, 11) is 1.68. The monoisotopic (exact) mass is 506 g/mol. The minimum Gasteiger partial charge on any atom is -0.383 e. The van der Waals surface area contributed by atoms with E-state index in [1.165, 1.54) is 11.1 Å². The number of methoxy groups -OCH3 is 1. The number of carbonyl (C=O) groups is 1. The molecule has 0 aliphatic carbocycles. The van der Waals surface area contributed by atoms with E-state index in [4.69, 9.17) is 14.2 Å². The second-order valence-corrected chi connectivity index (χ2v) is 10.9. The highest BCUT2D eigenvalue weighted by Crippen LogP contribution is 2.31. The predicted octanol–water partition coefficient (Wildman–Crippen LogP) is 4.29. The third kappa shape index (κ3) is 6.21. The number of carbonyl (C=O) groups excluding carboxylic acids is 1. The summed E-state index contributed by atoms with van der Waals surface area (Å²) in [6.07, 6.45) is 3.45. The van der Waals surface area contributed by atoms with Crippen molar-refractivity contribution in [3.8, 4) is 0 Å². The molecular formula is C29H38N4O4. The van der Waals surface area contributed by atoms with Crippen LogP contribution in [0.2, 0.25) is 0 Å². The molecule has 2 unspecified atom stereocenters. The van der Waals surface area contributed by atoms with E-state index in [0.717, 1.165) is 43.5 Å². The lowest BCUT2D eigenvalue weighted by molar-refractivity contribution is -0.0571. The van der Waals surface area contributed by atoms with Crippen LogP contribution < -0.4 is 5.32 Å². The maximum absolute atomic E-state index is 13.5. The van der Waals surface area contributed by atoms with E-state index in [9.17, 15) is 4.79 Å². The third-order valence-corrected chi connectivity index (χ3v) is 7.04. The summed E-state index contributed by atoms with van der Waals surface area (Å²) >= 11 is 0. The number of piperidine rings is 1. The van der Waals surface area contributed by atoms with Crippen LogP contribution >= 0.6 is 0 Å². The summed E-state index contributed by atoms with van der Waals surface area (Å²) in [6.45, 7) is 9.49. The molecule has 8 nitrogen and oxygen atoms in total. The summed E-state index contributed by atoms with van der Waals surface area (Å²) < 4.78 is 18.8. The Morgan fingerprint density at radius 2 is 1.97 bits per heavy atom. The third-order valence-electron chi connectivity index (χ3n) is 7.04. The highest BCUT2D eigenvalue weighted by atomic mass is 16.8. The molecule has 37 heavy (non-hydrogen) atoms. The number of hydrogen-bond acceptors (Lipinski definition) is 6. The molecule has 2 aliphatic heterocycles. The van der Waals surface area contributed by atoms with Crippen LogP contribution in [0.3, 0.4) is 0 Å². The van der Waals surface area contributed by atoms with Crippen LogP contribution in [0.15, 0.2) is 48.7 Å². The fourth-order valence-corrected chi connectivity index (χ4v) is 5.12. The molecule has 2 aliphatic rings. The van der Waals surface area contributed by atoms with Gasteiger partial charge in [-0.3, -0.25) is 15.1 Å². The molecule has 0 radical (unpaired) electrons. The number of hydrogen-bond donors (Lipinski definition) is 1. The van der Waals surface area contributed by atoms with Crippen molar-refractivity contribution in [2.45, 2.75) is 70.7 Å². The van der Waals surface area contributed by atoms with Crippen molar-refractivity contribution in [2.75, 3.05) is 26.8 Å². The number of pyridine rings is 1. The fourth-order valence-electron chi connectivity index (χ4n) is 5.12. The van der Waals surface area contributed by atoms with Crippen LogP contribution in [-0.2, 0) is 27.3 Å². The minimum atomic E-state index is -0.214. The van der Waals surface area contributed by atoms with Gasteiger partial charge in [0.15, 0.2) is 12.5 Å². The number of ether oxygens (including phenoxy) is 3. The average Bonchev–Trinajstić information content (AvgIpc) is 3.51. The minimum absolute atomic E-state index is 0.0492. The van der Waals surface area contributed by atoms with Crippen molar-refractivity contribution < 1.29 is 19.0 Å². The van der Waals surface area contributed by atoms with Crippen molar-refractivity contribution in [1.29, 1.82) is 0 Å². The number of benzene rings is 1. The van der Waals surface area contributed by atoms with Gasteiger partial charge in [0.2, 0.25) is 0 Å². The molecule has 0 spiro atoms. The zero-order chi connectivity index (χ0) is 26.0. The van der Waals surface area contributed by atoms with Crippen molar-refractivity contribution >= 4 is 16.9 Å². The summed E-state index contributed by atoms with van der Waals surface area (Å²) in [6, 6.07) is 14.6. The number of rotatable bonds is 9. The molecule has 0 saturated carbocycles. The van der Waals surface area contributed by atoms with Crippen LogP contribution in [-0.4, -0.2) is 65.3 Å². The number of epoxide rings is 1. The molecule has 1 N–H and O–H groups in total. The van der Waals surface area contributed by atoms with Crippen LogP contribution in [0.1, 0.15) is 61.1 Å². The van der Waals surface area contributed by atoms with E-state index in [2.05, 4.69) is 34.6 Å². The Bertz CT molecular complexity index is 1230. The number of aromatic nitrogens is 2. The molecular weight excluding hydrogens is 468 g/mol. The molecule has 2 saturated heterocycles. The zero-order valence-electron chi connectivity index (χ0n) is 22.3. The molecule has 198 valence electrons. The topological polar surface area (TPSA) is 81.2 Å². The molecule has 3 aromatic rings. The second-order valence-electron chi connectivity index (χ2n) is 10.9. The van der Waals surface area contributed by atoms with E-state index < -0.39 is 0 Å². The molecule has 2 aromatic heterocycles. The quantitative estimate of drug-likeness (QED) is 0.436. The highest BCUT2D eigenvalue weighted by molar-refractivity contribution is 5.97. The molecule has 8 heteroatoms. The van der Waals surface area contributed by atoms with Gasteiger partial charge in [-0.2, -0.15) is 0 Å². The van der Waals surface area contributed by atoms with E-state index in [1.807, 2.05) is 48.4 Å². The van der Waals surface area contributed by atoms with Gasteiger partial charge in [0, 0.05) is 39.5 Å². The zero-order valence-corrected chi connectivity index (χ0v) is 22.3. The number of amides is 1. The number of nitrogens with zero attached hydrogens (tertiary/aromatic N) is 3. The van der Waals surface area contributed by atoms with Gasteiger partial charge in [-0.15, -0.1) is 0 Å². The molecule has 2 atom stereocenters. The summed E-state index contributed by atoms with van der Waals surface area (Å²) in [5, 5.41) is 3.43. The normalized spacial score (nSPS) is 20.5. The standard InChI is InChI=1S/C29H38N4O4/c1-29(2,3)37-28-26(36-28)31-19-20-7-5-8-22(17-20)21-10-13-32(14-11-21)27(34)25-18-23-24(9-6-12-30-23)33(25)15-16-35-4/h5-9,12,17-18,21,26,28,31H,10-11,13-16,19H2,1-4H3. The molecule has 4 heterocycles. The number of likely N-dealkylation sites (tertiary alicyclic amines) is 1. The van der Waals surface area contributed by atoms with Gasteiger partial charge in [-0.25, -0.2) is 0 Å². The lowest BCUT2D eigenvalue weighted by Crippen LogP contribution is -2.39. The van der Waals surface area contributed by atoms with Crippen LogP contribution in [0.5, 0.6) is 0 Å². The molecule has 2 fully saturated rings. The Morgan fingerprint density at radius 1 is 1.16 bits per heavy atom. The molecule has 0 bridgehead atoms.